The van der Waals surface area contributed by atoms with Crippen molar-refractivity contribution in [3.8, 4) is 17.5 Å². The van der Waals surface area contributed by atoms with Gasteiger partial charge in [-0.2, -0.15) is 20.4 Å². The van der Waals surface area contributed by atoms with Crippen LogP contribution in [0.1, 0.15) is 77.6 Å². The molecule has 2 amide bonds. The van der Waals surface area contributed by atoms with Gasteiger partial charge in [-0.1, -0.05) is 43.9 Å². The summed E-state index contributed by atoms with van der Waals surface area (Å²) >= 11 is 0. The lowest BCUT2D eigenvalue weighted by Crippen LogP contribution is -2.43. The molecular weight excluding hydrogens is 703 g/mol. The van der Waals surface area contributed by atoms with Crippen LogP contribution in [0.4, 0.5) is 34.9 Å². The number of H-pyrrole nitrogens is 1. The number of tetrazole rings is 1. The molecule has 13 N–H and O–H groups in total. The van der Waals surface area contributed by atoms with Gasteiger partial charge in [0.2, 0.25) is 17.7 Å². The first-order valence-corrected chi connectivity index (χ1v) is 17.9. The Kier molecular flexibility index (Phi) is 12.3. The largest absolute Gasteiger partial charge is 0.365 e. The Morgan fingerprint density at radius 2 is 1.27 bits per heavy atom. The second-order valence-electron chi connectivity index (χ2n) is 13.3. The molecule has 2 aromatic carbocycles. The lowest BCUT2D eigenvalue weighted by atomic mass is 9.91. The monoisotopic (exact) mass is 745 g/mol. The third kappa shape index (κ3) is 10.0. The van der Waals surface area contributed by atoms with Crippen LogP contribution in [-0.2, 0) is 0 Å². The molecule has 7 rings (SSSR count). The van der Waals surface area contributed by atoms with Gasteiger partial charge in [0.15, 0.2) is 0 Å². The van der Waals surface area contributed by atoms with E-state index in [1.165, 1.54) is 12.4 Å². The smallest absolute Gasteiger partial charge is 0.254 e. The van der Waals surface area contributed by atoms with Gasteiger partial charge < -0.3 is 44.2 Å². The van der Waals surface area contributed by atoms with E-state index in [9.17, 15) is 9.59 Å². The van der Waals surface area contributed by atoms with Crippen LogP contribution in [0.5, 0.6) is 0 Å². The summed E-state index contributed by atoms with van der Waals surface area (Å²) in [5.41, 5.74) is 26.2. The molecule has 0 spiro atoms. The van der Waals surface area contributed by atoms with Crippen molar-refractivity contribution >= 4 is 46.7 Å². The van der Waals surface area contributed by atoms with Gasteiger partial charge in [-0.25, -0.2) is 9.97 Å². The van der Waals surface area contributed by atoms with Crippen LogP contribution in [0.15, 0.2) is 60.9 Å². The highest BCUT2D eigenvalue weighted by atomic mass is 16.1. The van der Waals surface area contributed by atoms with Gasteiger partial charge in [-0.05, 0) is 61.2 Å². The van der Waals surface area contributed by atoms with Crippen LogP contribution in [0.2, 0.25) is 0 Å². The quantitative estimate of drug-likeness (QED) is 0.0938. The third-order valence-electron chi connectivity index (χ3n) is 9.36. The van der Waals surface area contributed by atoms with Crippen LogP contribution < -0.4 is 44.2 Å². The van der Waals surface area contributed by atoms with E-state index in [0.717, 1.165) is 56.9 Å². The zero-order chi connectivity index (χ0) is 38.7. The summed E-state index contributed by atoms with van der Waals surface area (Å²) in [6.07, 6.45) is 11.1. The maximum absolute atomic E-state index is 11.8. The molecule has 3 aromatic heterocycles. The SMILES string of the molecule is N#Cc1cccc(Nc2nc(N[C@@H]3CCCC[C@@H]3N)ncc2C(N)=O)c1.NC(=O)c1cnc(N[C@@H]2CCCC[C@@H]2N)nc1Nc1cccc(-c2nn[nH]n2)c1. The number of aromatic nitrogens is 8. The van der Waals surface area contributed by atoms with E-state index in [1.807, 2.05) is 24.3 Å². The van der Waals surface area contributed by atoms with E-state index in [0.29, 0.717) is 40.5 Å². The number of aromatic amines is 1. The molecule has 2 saturated carbocycles. The molecular formula is C36H43N17O2. The summed E-state index contributed by atoms with van der Waals surface area (Å²) < 4.78 is 0. The molecule has 0 saturated heterocycles. The van der Waals surface area contributed by atoms with Crippen LogP contribution in [0.25, 0.3) is 11.4 Å². The van der Waals surface area contributed by atoms with E-state index in [-0.39, 0.29) is 41.1 Å². The Balaban J connectivity index is 0.000000188. The number of amides is 2. The Labute approximate surface area is 316 Å². The number of carbonyl (C=O) groups excluding carboxylic acids is 2. The minimum atomic E-state index is -0.634. The molecule has 0 aliphatic heterocycles. The highest BCUT2D eigenvalue weighted by Gasteiger charge is 2.24. The van der Waals surface area contributed by atoms with E-state index in [1.54, 1.807) is 24.3 Å². The molecule has 2 aliphatic rings. The van der Waals surface area contributed by atoms with Gasteiger partial charge in [0.1, 0.15) is 22.8 Å². The number of primary amides is 2. The van der Waals surface area contributed by atoms with Crippen molar-refractivity contribution in [3.05, 3.63) is 77.6 Å². The molecule has 3 heterocycles. The van der Waals surface area contributed by atoms with E-state index in [2.05, 4.69) is 67.9 Å². The van der Waals surface area contributed by atoms with Crippen molar-refractivity contribution in [2.45, 2.75) is 75.5 Å². The summed E-state index contributed by atoms with van der Waals surface area (Å²) in [7, 11) is 0. The number of hydrogen-bond donors (Lipinski definition) is 9. The number of benzene rings is 2. The minimum absolute atomic E-state index is 0.0474. The topological polar surface area (TPSA) is 316 Å². The third-order valence-corrected chi connectivity index (χ3v) is 9.36. The predicted octanol–water partition coefficient (Wildman–Crippen LogP) is 3.05. The van der Waals surface area contributed by atoms with Crippen LogP contribution in [0.3, 0.4) is 0 Å². The summed E-state index contributed by atoms with van der Waals surface area (Å²) in [4.78, 5) is 40.8. The summed E-state index contributed by atoms with van der Waals surface area (Å²) in [6.45, 7) is 0. The van der Waals surface area contributed by atoms with E-state index < -0.39 is 11.8 Å². The molecule has 2 fully saturated rings. The van der Waals surface area contributed by atoms with Gasteiger partial charge in [0.25, 0.3) is 11.8 Å². The number of nitrogens with one attached hydrogen (secondary N) is 5. The number of anilines is 6. The molecule has 5 aromatic rings. The predicted molar refractivity (Wildman–Crippen MR) is 206 cm³/mol. The zero-order valence-electron chi connectivity index (χ0n) is 29.9. The zero-order valence-corrected chi connectivity index (χ0v) is 29.9. The fourth-order valence-corrected chi connectivity index (χ4v) is 6.42. The lowest BCUT2D eigenvalue weighted by molar-refractivity contribution is 0.0992. The van der Waals surface area contributed by atoms with Gasteiger partial charge in [0, 0.05) is 53.5 Å². The van der Waals surface area contributed by atoms with Crippen molar-refractivity contribution in [3.63, 3.8) is 0 Å². The van der Waals surface area contributed by atoms with Crippen molar-refractivity contribution < 1.29 is 9.59 Å². The van der Waals surface area contributed by atoms with Gasteiger partial charge >= 0.3 is 0 Å². The lowest BCUT2D eigenvalue weighted by Gasteiger charge is -2.29. The number of nitriles is 1. The Morgan fingerprint density at radius 3 is 1.76 bits per heavy atom. The minimum Gasteiger partial charge on any atom is -0.365 e. The van der Waals surface area contributed by atoms with Gasteiger partial charge in [-0.3, -0.25) is 9.59 Å². The number of nitrogens with two attached hydrogens (primary N) is 4. The normalized spacial score (nSPS) is 19.1. The first-order chi connectivity index (χ1) is 26.7. The van der Waals surface area contributed by atoms with Crippen molar-refractivity contribution in [2.75, 3.05) is 21.3 Å². The fourth-order valence-electron chi connectivity index (χ4n) is 6.42. The number of nitrogens with zero attached hydrogens (tertiary/aromatic N) is 8. The Bertz CT molecular complexity index is 2140. The summed E-state index contributed by atoms with van der Waals surface area (Å²) in [6, 6.07) is 16.6. The molecule has 0 radical (unpaired) electrons. The molecule has 0 bridgehead atoms. The average Bonchev–Trinajstić information content (AvgIpc) is 3.73. The highest BCUT2D eigenvalue weighted by molar-refractivity contribution is 5.98. The summed E-state index contributed by atoms with van der Waals surface area (Å²) in [5, 5.41) is 35.7. The summed E-state index contributed by atoms with van der Waals surface area (Å²) in [5.74, 6) is 0.581. The van der Waals surface area contributed by atoms with Gasteiger partial charge in [-0.15, -0.1) is 10.2 Å². The molecule has 4 atom stereocenters. The molecule has 284 valence electrons. The van der Waals surface area contributed by atoms with E-state index >= 15 is 0 Å². The Hall–Kier alpha value is -6.78. The first-order valence-electron chi connectivity index (χ1n) is 17.9. The second-order valence-corrected chi connectivity index (χ2v) is 13.3. The van der Waals surface area contributed by atoms with Crippen molar-refractivity contribution in [1.29, 1.82) is 5.26 Å². The second kappa shape index (κ2) is 17.8. The van der Waals surface area contributed by atoms with E-state index in [4.69, 9.17) is 28.2 Å². The highest BCUT2D eigenvalue weighted by Crippen LogP contribution is 2.26. The number of carbonyl (C=O) groups is 2. The molecule has 2 aliphatic carbocycles. The van der Waals surface area contributed by atoms with Crippen LogP contribution in [-0.4, -0.2) is 76.5 Å². The number of rotatable bonds is 11. The maximum atomic E-state index is 11.8. The fraction of sp³-hybridized carbons (Fsp3) is 0.333. The molecule has 19 nitrogen and oxygen atoms in total. The van der Waals surface area contributed by atoms with Crippen molar-refractivity contribution in [1.82, 2.24) is 40.6 Å². The standard InChI is InChI=1S/C18H22N10O.C18H21N7O/c19-13-6-1-2-7-14(13)23-18-21-9-12(15(20)29)17(24-18)22-11-5-3-4-10(8-11)16-25-27-28-26-16;19-9-11-4-3-5-12(8-11)23-17-13(16(21)26)10-22-18(25-17)24-15-7-2-1-6-14(15)20/h3-5,8-9,13-14H,1-2,6-7,19H2,(H2,20,29)(H2,21,22,23,24)(H,25,26,27,28);3-5,8,10,14-15H,1-2,6-7,20H2,(H2,21,26)(H2,22,23,24,25)/t13-,14+;14-,15+/m00/s1. The van der Waals surface area contributed by atoms with Gasteiger partial charge in [0.05, 0.1) is 11.6 Å². The Morgan fingerprint density at radius 1 is 0.745 bits per heavy atom. The van der Waals surface area contributed by atoms with Crippen LogP contribution >= 0.6 is 0 Å². The first kappa shape index (κ1) is 38.0. The molecule has 0 unspecified atom stereocenters. The maximum Gasteiger partial charge on any atom is 0.254 e. The average molecular weight is 746 g/mol. The van der Waals surface area contributed by atoms with Crippen LogP contribution in [0, 0.1) is 11.3 Å². The molecule has 55 heavy (non-hydrogen) atoms. The number of hydrogen-bond acceptors (Lipinski definition) is 16. The van der Waals surface area contributed by atoms with Crippen molar-refractivity contribution in [2.24, 2.45) is 22.9 Å². The molecule has 19 heteroatoms.